The van der Waals surface area contributed by atoms with Crippen LogP contribution in [0.2, 0.25) is 0 Å². The minimum absolute atomic E-state index is 0.155. The fourth-order valence-corrected chi connectivity index (χ4v) is 1.01. The first-order valence-electron chi connectivity index (χ1n) is 6.67. The molecule has 0 aliphatic carbocycles. The Morgan fingerprint density at radius 1 is 1.09 bits per heavy atom. The van der Waals surface area contributed by atoms with Crippen molar-refractivity contribution in [2.24, 2.45) is 5.73 Å². The molecule has 0 aliphatic rings. The zero-order valence-corrected chi connectivity index (χ0v) is 13.3. The first-order chi connectivity index (χ1) is 9.83. The molecule has 1 aromatic rings. The highest BCUT2D eigenvalue weighted by Crippen LogP contribution is 2.19. The van der Waals surface area contributed by atoms with Gasteiger partial charge in [-0.2, -0.15) is 0 Å². The summed E-state index contributed by atoms with van der Waals surface area (Å²) in [5.74, 6) is -0.103. The van der Waals surface area contributed by atoms with E-state index >= 15 is 0 Å². The number of benzene rings is 1. The molecule has 0 saturated heterocycles. The van der Waals surface area contributed by atoms with Crippen molar-refractivity contribution in [2.75, 3.05) is 0 Å². The van der Waals surface area contributed by atoms with Gasteiger partial charge >= 0.3 is 7.32 Å². The monoisotopic (exact) mass is 313 g/mol. The molecule has 124 valence electrons. The Bertz CT molecular complexity index is 450. The summed E-state index contributed by atoms with van der Waals surface area (Å²) in [6, 6.07) is 6.31. The van der Waals surface area contributed by atoms with Crippen LogP contribution < -0.4 is 10.4 Å². The highest BCUT2D eigenvalue weighted by molar-refractivity contribution is 6.33. The lowest BCUT2D eigenvalue weighted by Gasteiger charge is -2.31. The van der Waals surface area contributed by atoms with Crippen molar-refractivity contribution in [3.63, 3.8) is 0 Å². The molecule has 0 saturated carbocycles. The molecular formula is C14H24BNO6. The van der Waals surface area contributed by atoms with Gasteiger partial charge in [0.15, 0.2) is 0 Å². The van der Waals surface area contributed by atoms with Crippen LogP contribution in [0.15, 0.2) is 24.3 Å². The molecule has 1 amide bonds. The van der Waals surface area contributed by atoms with Crippen LogP contribution in [0.1, 0.15) is 33.3 Å². The molecule has 0 bridgehead atoms. The third-order valence-corrected chi connectivity index (χ3v) is 3.04. The van der Waals surface area contributed by atoms with Gasteiger partial charge in [0.25, 0.3) is 0 Å². The van der Waals surface area contributed by atoms with Gasteiger partial charge in [-0.1, -0.05) is 12.1 Å². The van der Waals surface area contributed by atoms with E-state index < -0.39 is 24.4 Å². The summed E-state index contributed by atoms with van der Waals surface area (Å²) < 4.78 is 4.57. The van der Waals surface area contributed by atoms with Gasteiger partial charge < -0.3 is 30.6 Å². The lowest BCUT2D eigenvalue weighted by atomic mass is 9.90. The molecule has 0 atom stereocenters. The number of nitrogens with two attached hydrogens (primary N) is 1. The predicted molar refractivity (Wildman–Crippen MR) is 82.8 cm³/mol. The van der Waals surface area contributed by atoms with Crippen molar-refractivity contribution in [3.8, 4) is 5.75 Å². The highest BCUT2D eigenvalue weighted by Gasteiger charge is 2.31. The molecular weight excluding hydrogens is 289 g/mol. The van der Waals surface area contributed by atoms with E-state index in [2.05, 4.69) is 4.65 Å². The topological polar surface area (TPSA) is 133 Å². The van der Waals surface area contributed by atoms with E-state index in [0.717, 1.165) is 5.56 Å². The Labute approximate surface area is 130 Å². The van der Waals surface area contributed by atoms with Crippen molar-refractivity contribution >= 4 is 13.2 Å². The third kappa shape index (κ3) is 8.63. The van der Waals surface area contributed by atoms with Crippen LogP contribution in [0.3, 0.4) is 0 Å². The van der Waals surface area contributed by atoms with Crippen molar-refractivity contribution in [1.82, 2.24) is 0 Å². The molecule has 0 fully saturated rings. The van der Waals surface area contributed by atoms with Gasteiger partial charge in [0, 0.05) is 0 Å². The molecule has 6 N–H and O–H groups in total. The molecule has 0 unspecified atom stereocenters. The van der Waals surface area contributed by atoms with Crippen molar-refractivity contribution in [1.29, 1.82) is 0 Å². The molecule has 0 aromatic heterocycles. The molecule has 0 heterocycles. The Morgan fingerprint density at radius 2 is 1.50 bits per heavy atom. The standard InChI is InChI=1S/C8H10BNO4.C6H14O2/c10-8(11)5-6-1-3-7(4-2-6)14-9(12)13;1-5(2,7)6(3,4)8/h1-4,12-13H,5H2,(H2,10,11);7-8H,1-4H3. The van der Waals surface area contributed by atoms with Crippen molar-refractivity contribution in [3.05, 3.63) is 29.8 Å². The number of amides is 1. The number of primary amides is 1. The minimum atomic E-state index is -1.84. The van der Waals surface area contributed by atoms with Crippen LogP contribution in [-0.4, -0.2) is 44.7 Å². The van der Waals surface area contributed by atoms with E-state index in [0.29, 0.717) is 5.75 Å². The van der Waals surface area contributed by atoms with Crippen molar-refractivity contribution < 1.29 is 29.7 Å². The fraction of sp³-hybridized carbons (Fsp3) is 0.500. The summed E-state index contributed by atoms with van der Waals surface area (Å²) in [4.78, 5) is 10.5. The smallest absolute Gasteiger partial charge is 0.512 e. The van der Waals surface area contributed by atoms with E-state index in [1.54, 1.807) is 39.8 Å². The lowest BCUT2D eigenvalue weighted by molar-refractivity contribution is -0.117. The zero-order valence-electron chi connectivity index (χ0n) is 13.3. The van der Waals surface area contributed by atoms with E-state index in [4.69, 9.17) is 26.0 Å². The molecule has 8 heteroatoms. The average Bonchev–Trinajstić information content (AvgIpc) is 2.28. The number of hydrogen-bond acceptors (Lipinski definition) is 6. The first-order valence-corrected chi connectivity index (χ1v) is 6.67. The van der Waals surface area contributed by atoms with Crippen LogP contribution in [-0.2, 0) is 11.2 Å². The number of aliphatic hydroxyl groups is 2. The normalized spacial score (nSPS) is 11.3. The Balaban J connectivity index is 0.000000472. The quantitative estimate of drug-likeness (QED) is 0.469. The van der Waals surface area contributed by atoms with Crippen LogP contribution >= 0.6 is 0 Å². The van der Waals surface area contributed by atoms with Crippen LogP contribution in [0, 0.1) is 0 Å². The average molecular weight is 313 g/mol. The summed E-state index contributed by atoms with van der Waals surface area (Å²) in [6.45, 7) is 6.31. The first kappa shape index (κ1) is 20.4. The maximum atomic E-state index is 10.5. The molecule has 1 rings (SSSR count). The molecule has 0 radical (unpaired) electrons. The largest absolute Gasteiger partial charge is 0.707 e. The molecule has 22 heavy (non-hydrogen) atoms. The summed E-state index contributed by atoms with van der Waals surface area (Å²) in [5.41, 5.74) is 3.73. The Kier molecular flexibility index (Phi) is 7.55. The van der Waals surface area contributed by atoms with Gasteiger partial charge in [0.2, 0.25) is 5.91 Å². The highest BCUT2D eigenvalue weighted by atomic mass is 16.6. The number of carbonyl (C=O) groups excluding carboxylic acids is 1. The van der Waals surface area contributed by atoms with Gasteiger partial charge in [0.1, 0.15) is 5.75 Å². The minimum Gasteiger partial charge on any atom is -0.512 e. The maximum Gasteiger partial charge on any atom is 0.707 e. The number of carbonyl (C=O) groups is 1. The van der Waals surface area contributed by atoms with E-state index in [-0.39, 0.29) is 6.42 Å². The summed E-state index contributed by atoms with van der Waals surface area (Å²) >= 11 is 0. The SMILES string of the molecule is CC(C)(O)C(C)(C)O.NC(=O)Cc1ccc(OB(O)O)cc1. The number of hydrogen-bond donors (Lipinski definition) is 5. The van der Waals surface area contributed by atoms with Crippen LogP contribution in [0.25, 0.3) is 0 Å². The Morgan fingerprint density at radius 3 is 1.77 bits per heavy atom. The second-order valence-electron chi connectivity index (χ2n) is 5.85. The molecule has 0 aliphatic heterocycles. The van der Waals surface area contributed by atoms with Gasteiger partial charge in [0.05, 0.1) is 17.6 Å². The fourth-order valence-electron chi connectivity index (χ4n) is 1.01. The van der Waals surface area contributed by atoms with Gasteiger partial charge in [-0.15, -0.1) is 0 Å². The zero-order chi connectivity index (χ0) is 17.6. The second-order valence-corrected chi connectivity index (χ2v) is 5.85. The summed E-state index contributed by atoms with van der Waals surface area (Å²) in [7, 11) is -1.84. The number of rotatable bonds is 5. The van der Waals surface area contributed by atoms with Gasteiger partial charge in [-0.05, 0) is 45.4 Å². The van der Waals surface area contributed by atoms with E-state index in [1.807, 2.05) is 0 Å². The predicted octanol–water partition coefficient (Wildman–Crippen LogP) is -0.409. The Hall–Kier alpha value is -1.61. The third-order valence-electron chi connectivity index (χ3n) is 3.04. The van der Waals surface area contributed by atoms with Crippen LogP contribution in [0.4, 0.5) is 0 Å². The van der Waals surface area contributed by atoms with Gasteiger partial charge in [-0.25, -0.2) is 0 Å². The molecule has 7 nitrogen and oxygen atoms in total. The summed E-state index contributed by atoms with van der Waals surface area (Å²) in [6.07, 6.45) is 0.155. The van der Waals surface area contributed by atoms with E-state index in [9.17, 15) is 4.79 Å². The molecule has 1 aromatic carbocycles. The lowest BCUT2D eigenvalue weighted by Crippen LogP contribution is -2.44. The summed E-state index contributed by atoms with van der Waals surface area (Å²) in [5, 5.41) is 35.2. The van der Waals surface area contributed by atoms with Crippen LogP contribution in [0.5, 0.6) is 5.75 Å². The van der Waals surface area contributed by atoms with Gasteiger partial charge in [-0.3, -0.25) is 4.79 Å². The van der Waals surface area contributed by atoms with Crippen molar-refractivity contribution in [2.45, 2.75) is 45.3 Å². The van der Waals surface area contributed by atoms with E-state index in [1.165, 1.54) is 12.1 Å². The second kappa shape index (κ2) is 8.14. The maximum absolute atomic E-state index is 10.5. The molecule has 0 spiro atoms.